The van der Waals surface area contributed by atoms with Crippen LogP contribution < -0.4 is 5.32 Å². The second kappa shape index (κ2) is 11.0. The highest BCUT2D eigenvalue weighted by Gasteiger charge is 2.29. The lowest BCUT2D eigenvalue weighted by atomic mass is 9.85. The molecule has 0 aromatic heterocycles. The van der Waals surface area contributed by atoms with Crippen LogP contribution in [0.3, 0.4) is 0 Å². The van der Waals surface area contributed by atoms with Crippen LogP contribution in [0.1, 0.15) is 69.8 Å². The molecule has 4 heteroatoms. The van der Waals surface area contributed by atoms with E-state index in [1.54, 1.807) is 0 Å². The highest BCUT2D eigenvalue weighted by atomic mass is 16.2. The number of hydrogen-bond donors (Lipinski definition) is 1. The fraction of sp³-hybridized carbons (Fsp3) is 0.583. The molecule has 28 heavy (non-hydrogen) atoms. The predicted octanol–water partition coefficient (Wildman–Crippen LogP) is 4.60. The molecule has 2 amide bonds. The van der Waals surface area contributed by atoms with Gasteiger partial charge in [0, 0.05) is 31.6 Å². The molecule has 1 atom stereocenters. The van der Waals surface area contributed by atoms with Crippen LogP contribution in [0.15, 0.2) is 42.1 Å². The number of aryl methyl sites for hydroxylation is 1. The molecule has 1 N–H and O–H groups in total. The minimum atomic E-state index is 0.105. The smallest absolute Gasteiger partial charge is 0.226 e. The minimum Gasteiger partial charge on any atom is -0.356 e. The van der Waals surface area contributed by atoms with Gasteiger partial charge in [0.25, 0.3) is 0 Å². The number of carbonyl (C=O) groups excluding carboxylic acids is 2. The zero-order valence-electron chi connectivity index (χ0n) is 17.0. The van der Waals surface area contributed by atoms with Crippen molar-refractivity contribution >= 4 is 11.8 Å². The molecule has 1 heterocycles. The zero-order valence-corrected chi connectivity index (χ0v) is 17.0. The lowest BCUT2D eigenvalue weighted by Gasteiger charge is -2.38. The van der Waals surface area contributed by atoms with Gasteiger partial charge < -0.3 is 10.2 Å². The number of nitrogens with one attached hydrogen (secondary N) is 1. The van der Waals surface area contributed by atoms with Crippen LogP contribution in [0.2, 0.25) is 0 Å². The second-order valence-electron chi connectivity index (χ2n) is 8.09. The van der Waals surface area contributed by atoms with E-state index in [1.165, 1.54) is 30.5 Å². The fourth-order valence-corrected chi connectivity index (χ4v) is 4.40. The van der Waals surface area contributed by atoms with E-state index in [4.69, 9.17) is 0 Å². The molecule has 1 fully saturated rings. The number of piperidine rings is 1. The Morgan fingerprint density at radius 1 is 1.00 bits per heavy atom. The van der Waals surface area contributed by atoms with Gasteiger partial charge in [-0.25, -0.2) is 0 Å². The van der Waals surface area contributed by atoms with E-state index >= 15 is 0 Å². The van der Waals surface area contributed by atoms with Crippen molar-refractivity contribution in [2.45, 2.75) is 70.6 Å². The summed E-state index contributed by atoms with van der Waals surface area (Å²) in [5, 5.41) is 3.00. The lowest BCUT2D eigenvalue weighted by Crippen LogP contribution is -2.38. The van der Waals surface area contributed by atoms with Gasteiger partial charge in [0.2, 0.25) is 11.8 Å². The second-order valence-corrected chi connectivity index (χ2v) is 8.09. The van der Waals surface area contributed by atoms with E-state index in [1.807, 2.05) is 23.1 Å². The van der Waals surface area contributed by atoms with Crippen LogP contribution >= 0.6 is 0 Å². The van der Waals surface area contributed by atoms with Crippen LogP contribution in [0, 0.1) is 5.92 Å². The Bertz CT molecular complexity index is 668. The van der Waals surface area contributed by atoms with E-state index < -0.39 is 0 Å². The molecule has 0 radical (unpaired) electrons. The summed E-state index contributed by atoms with van der Waals surface area (Å²) in [7, 11) is 0. The molecule has 3 rings (SSSR count). The van der Waals surface area contributed by atoms with Gasteiger partial charge in [-0.3, -0.25) is 9.59 Å². The van der Waals surface area contributed by atoms with Crippen molar-refractivity contribution in [1.29, 1.82) is 0 Å². The van der Waals surface area contributed by atoms with Crippen molar-refractivity contribution in [1.82, 2.24) is 10.2 Å². The molecule has 0 bridgehead atoms. The number of nitrogens with zero attached hydrogens (tertiary/aromatic N) is 1. The number of rotatable bonds is 9. The van der Waals surface area contributed by atoms with E-state index in [-0.39, 0.29) is 11.8 Å². The third kappa shape index (κ3) is 6.22. The standard InChI is InChI=1S/C24H34N2O2/c27-23(25-18-8-12-20-10-2-1-3-11-20)16-6-7-17-24(28)26-19-9-14-21-13-4-5-15-22(21)26/h1-3,10-11,15,21H,4-9,12-14,16-19H2,(H,25,27). The van der Waals surface area contributed by atoms with Gasteiger partial charge in [-0.1, -0.05) is 36.4 Å². The minimum absolute atomic E-state index is 0.105. The number of unbranched alkanes of at least 4 members (excludes halogenated alkanes) is 1. The SMILES string of the molecule is O=C(CCCCC(=O)N1CCCC2CCCC=C21)NCCCc1ccccc1. The van der Waals surface area contributed by atoms with Crippen molar-refractivity contribution in [3.8, 4) is 0 Å². The molecule has 1 aliphatic carbocycles. The van der Waals surface area contributed by atoms with E-state index in [0.717, 1.165) is 51.6 Å². The molecule has 4 nitrogen and oxygen atoms in total. The van der Waals surface area contributed by atoms with E-state index in [2.05, 4.69) is 23.5 Å². The third-order valence-corrected chi connectivity index (χ3v) is 5.93. The number of hydrogen-bond acceptors (Lipinski definition) is 2. The summed E-state index contributed by atoms with van der Waals surface area (Å²) in [6, 6.07) is 10.3. The normalized spacial score (nSPS) is 18.9. The largest absolute Gasteiger partial charge is 0.356 e. The van der Waals surface area contributed by atoms with Crippen molar-refractivity contribution in [3.63, 3.8) is 0 Å². The maximum absolute atomic E-state index is 12.6. The van der Waals surface area contributed by atoms with Gasteiger partial charge in [0.05, 0.1) is 0 Å². The first-order valence-corrected chi connectivity index (χ1v) is 11.0. The van der Waals surface area contributed by atoms with E-state index in [9.17, 15) is 9.59 Å². The summed E-state index contributed by atoms with van der Waals surface area (Å²) in [4.78, 5) is 26.6. The molecule has 0 saturated carbocycles. The highest BCUT2D eigenvalue weighted by molar-refractivity contribution is 5.78. The summed E-state index contributed by atoms with van der Waals surface area (Å²) in [6.07, 6.45) is 12.9. The summed E-state index contributed by atoms with van der Waals surface area (Å²) >= 11 is 0. The molecule has 152 valence electrons. The molecule has 1 aliphatic heterocycles. The number of carbonyl (C=O) groups is 2. The predicted molar refractivity (Wildman–Crippen MR) is 113 cm³/mol. The Morgan fingerprint density at radius 2 is 1.79 bits per heavy atom. The van der Waals surface area contributed by atoms with Gasteiger partial charge in [-0.05, 0) is 69.3 Å². The first-order chi connectivity index (χ1) is 13.7. The first-order valence-electron chi connectivity index (χ1n) is 11.0. The molecule has 2 aliphatic rings. The van der Waals surface area contributed by atoms with Crippen LogP contribution in [0.5, 0.6) is 0 Å². The Kier molecular flexibility index (Phi) is 8.13. The summed E-state index contributed by atoms with van der Waals surface area (Å²) in [6.45, 7) is 1.60. The molecule has 1 aromatic rings. The van der Waals surface area contributed by atoms with Crippen molar-refractivity contribution < 1.29 is 9.59 Å². The van der Waals surface area contributed by atoms with Gasteiger partial charge >= 0.3 is 0 Å². The number of allylic oxidation sites excluding steroid dienone is 2. The van der Waals surface area contributed by atoms with Gasteiger partial charge in [-0.2, -0.15) is 0 Å². The highest BCUT2D eigenvalue weighted by Crippen LogP contribution is 2.35. The average molecular weight is 383 g/mol. The number of fused-ring (bicyclic) bond motifs is 1. The van der Waals surface area contributed by atoms with Gasteiger partial charge in [-0.15, -0.1) is 0 Å². The van der Waals surface area contributed by atoms with Crippen LogP contribution in [-0.2, 0) is 16.0 Å². The van der Waals surface area contributed by atoms with Crippen molar-refractivity contribution in [2.75, 3.05) is 13.1 Å². The average Bonchev–Trinajstić information content (AvgIpc) is 2.74. The molecule has 1 unspecified atom stereocenters. The summed E-state index contributed by atoms with van der Waals surface area (Å²) in [5.41, 5.74) is 2.60. The van der Waals surface area contributed by atoms with Crippen molar-refractivity contribution in [3.05, 3.63) is 47.7 Å². The monoisotopic (exact) mass is 382 g/mol. The summed E-state index contributed by atoms with van der Waals surface area (Å²) < 4.78 is 0. The van der Waals surface area contributed by atoms with Crippen molar-refractivity contribution in [2.24, 2.45) is 5.92 Å². The van der Waals surface area contributed by atoms with Gasteiger partial charge in [0.15, 0.2) is 0 Å². The third-order valence-electron chi connectivity index (χ3n) is 5.93. The van der Waals surface area contributed by atoms with Crippen LogP contribution in [-0.4, -0.2) is 29.8 Å². The Morgan fingerprint density at radius 3 is 2.64 bits per heavy atom. The maximum Gasteiger partial charge on any atom is 0.226 e. The summed E-state index contributed by atoms with van der Waals surface area (Å²) in [5.74, 6) is 0.961. The Hall–Kier alpha value is -2.10. The molecule has 1 aromatic carbocycles. The quantitative estimate of drug-likeness (QED) is 0.635. The van der Waals surface area contributed by atoms with E-state index in [0.29, 0.717) is 18.8 Å². The van der Waals surface area contributed by atoms with Gasteiger partial charge in [0.1, 0.15) is 0 Å². The Balaban J connectivity index is 1.27. The molecular weight excluding hydrogens is 348 g/mol. The maximum atomic E-state index is 12.6. The molecule has 1 saturated heterocycles. The zero-order chi connectivity index (χ0) is 19.6. The fourth-order valence-electron chi connectivity index (χ4n) is 4.40. The number of benzene rings is 1. The van der Waals surface area contributed by atoms with Crippen LogP contribution in [0.4, 0.5) is 0 Å². The molecule has 0 spiro atoms. The Labute approximate surface area is 169 Å². The topological polar surface area (TPSA) is 49.4 Å². The lowest BCUT2D eigenvalue weighted by molar-refractivity contribution is -0.131. The molecular formula is C24H34N2O2. The number of amides is 2. The first kappa shape index (κ1) is 20.6. The van der Waals surface area contributed by atoms with Crippen LogP contribution in [0.25, 0.3) is 0 Å². The number of likely N-dealkylation sites (tertiary alicyclic amines) is 1.